The minimum absolute atomic E-state index is 0.156. The van der Waals surface area contributed by atoms with Crippen molar-refractivity contribution in [2.75, 3.05) is 0 Å². The third kappa shape index (κ3) is 1.24. The molecule has 0 radical (unpaired) electrons. The fourth-order valence-electron chi connectivity index (χ4n) is 1.63. The highest BCUT2D eigenvalue weighted by Crippen LogP contribution is 2.29. The lowest BCUT2D eigenvalue weighted by Crippen LogP contribution is -2.00. The highest BCUT2D eigenvalue weighted by Gasteiger charge is 2.13. The summed E-state index contributed by atoms with van der Waals surface area (Å²) in [5.41, 5.74) is 1.23. The zero-order chi connectivity index (χ0) is 11.1. The molecule has 2 aliphatic rings. The molecule has 1 heterocycles. The van der Waals surface area contributed by atoms with Gasteiger partial charge in [0.1, 0.15) is 17.0 Å². The molecule has 4 nitrogen and oxygen atoms in total. The van der Waals surface area contributed by atoms with Crippen molar-refractivity contribution in [2.24, 2.45) is 0 Å². The van der Waals surface area contributed by atoms with Crippen LogP contribution in [0.3, 0.4) is 0 Å². The molecule has 1 aliphatic heterocycles. The van der Waals surface area contributed by atoms with Crippen LogP contribution in [0.25, 0.3) is 22.6 Å². The Kier molecular flexibility index (Phi) is 1.71. The molecule has 0 bridgehead atoms. The first-order chi connectivity index (χ1) is 7.74. The summed E-state index contributed by atoms with van der Waals surface area (Å²) < 4.78 is 5.49. The fraction of sp³-hybridized carbons (Fsp3) is 0. The molecule has 0 amide bonds. The van der Waals surface area contributed by atoms with Gasteiger partial charge in [-0.05, 0) is 12.1 Å². The van der Waals surface area contributed by atoms with Crippen molar-refractivity contribution in [3.63, 3.8) is 0 Å². The number of benzene rings is 2. The maximum Gasteiger partial charge on any atom is 0.186 e. The number of phenols is 1. The van der Waals surface area contributed by atoms with Gasteiger partial charge in [-0.1, -0.05) is 12.1 Å². The van der Waals surface area contributed by atoms with E-state index >= 15 is 0 Å². The number of aromatic nitrogens is 1. The fourth-order valence-corrected chi connectivity index (χ4v) is 1.63. The quantitative estimate of drug-likeness (QED) is 0.580. The van der Waals surface area contributed by atoms with E-state index in [0.29, 0.717) is 22.6 Å². The number of hydrogen-bond donors (Lipinski definition) is 1. The summed E-state index contributed by atoms with van der Waals surface area (Å²) in [5.74, 6) is 0.140. The number of rotatable bonds is 0. The summed E-state index contributed by atoms with van der Waals surface area (Å²) in [6.45, 7) is 0. The van der Waals surface area contributed by atoms with E-state index in [2.05, 4.69) is 4.98 Å². The zero-order valence-electron chi connectivity index (χ0n) is 8.18. The van der Waals surface area contributed by atoms with Crippen LogP contribution >= 0.6 is 0 Å². The van der Waals surface area contributed by atoms with Crippen molar-refractivity contribution in [3.8, 4) is 17.2 Å². The first kappa shape index (κ1) is 8.91. The van der Waals surface area contributed by atoms with Gasteiger partial charge in [-0.25, -0.2) is 4.98 Å². The minimum Gasteiger partial charge on any atom is -0.505 e. The number of fused-ring (bicyclic) bond motifs is 2. The summed E-state index contributed by atoms with van der Waals surface area (Å²) in [6, 6.07) is 9.63. The molecule has 1 N–H and O–H groups in total. The monoisotopic (exact) mass is 213 g/mol. The molecule has 0 saturated heterocycles. The molecule has 78 valence electrons. The molecule has 0 aromatic heterocycles. The number of nitrogens with zero attached hydrogens (tertiary/aromatic N) is 1. The number of aromatic hydroxyl groups is 1. The maximum absolute atomic E-state index is 11.2. The van der Waals surface area contributed by atoms with E-state index in [-0.39, 0.29) is 11.2 Å². The van der Waals surface area contributed by atoms with E-state index in [0.717, 1.165) is 6.07 Å². The van der Waals surface area contributed by atoms with E-state index in [9.17, 15) is 9.90 Å². The molecule has 0 unspecified atom stereocenters. The van der Waals surface area contributed by atoms with Gasteiger partial charge < -0.3 is 9.52 Å². The van der Waals surface area contributed by atoms with Crippen molar-refractivity contribution in [1.29, 1.82) is 0 Å². The molecule has 0 spiro atoms. The van der Waals surface area contributed by atoms with Gasteiger partial charge >= 0.3 is 0 Å². The Labute approximate surface area is 90.1 Å². The number of hydrogen-bond acceptors (Lipinski definition) is 4. The molecular formula is C12H7NO3. The molecule has 0 fully saturated rings. The summed E-state index contributed by atoms with van der Waals surface area (Å²) >= 11 is 0. The van der Waals surface area contributed by atoms with E-state index in [4.69, 9.17) is 4.42 Å². The van der Waals surface area contributed by atoms with Crippen LogP contribution in [0.15, 0.2) is 45.6 Å². The molecule has 3 rings (SSSR count). The van der Waals surface area contributed by atoms with Gasteiger partial charge in [0.2, 0.25) is 0 Å². The van der Waals surface area contributed by atoms with E-state index in [1.807, 2.05) is 12.1 Å². The Morgan fingerprint density at radius 1 is 1.19 bits per heavy atom. The van der Waals surface area contributed by atoms with Gasteiger partial charge in [0.05, 0.1) is 0 Å². The lowest BCUT2D eigenvalue weighted by molar-refractivity contribution is 0.470. The van der Waals surface area contributed by atoms with Gasteiger partial charge in [-0.15, -0.1) is 0 Å². The second-order valence-electron chi connectivity index (χ2n) is 3.47. The van der Waals surface area contributed by atoms with Crippen LogP contribution in [0, 0.1) is 0 Å². The van der Waals surface area contributed by atoms with Crippen molar-refractivity contribution in [3.05, 3.63) is 46.6 Å². The maximum atomic E-state index is 11.2. The van der Waals surface area contributed by atoms with Crippen LogP contribution < -0.4 is 5.43 Å². The van der Waals surface area contributed by atoms with Crippen LogP contribution in [0.4, 0.5) is 0 Å². The summed E-state index contributed by atoms with van der Waals surface area (Å²) in [7, 11) is 0. The zero-order valence-corrected chi connectivity index (χ0v) is 8.18. The Balaban J connectivity index is 2.52. The third-order valence-corrected chi connectivity index (χ3v) is 2.35. The highest BCUT2D eigenvalue weighted by molar-refractivity contribution is 5.77. The lowest BCUT2D eigenvalue weighted by Gasteiger charge is -2.06. The largest absolute Gasteiger partial charge is 0.505 e. The van der Waals surface area contributed by atoms with Crippen molar-refractivity contribution in [2.45, 2.75) is 0 Å². The Morgan fingerprint density at radius 3 is 2.88 bits per heavy atom. The summed E-state index contributed by atoms with van der Waals surface area (Å²) in [4.78, 5) is 15.4. The predicted octanol–water partition coefficient (Wildman–Crippen LogP) is 2.00. The molecule has 4 heteroatoms. The molecule has 1 aliphatic carbocycles. The number of phenolic OH excluding ortho intramolecular Hbond substituents is 1. The average Bonchev–Trinajstić information content (AvgIpc) is 2.27. The number of para-hydroxylation sites is 2. The first-order valence-electron chi connectivity index (χ1n) is 4.77. The van der Waals surface area contributed by atoms with Gasteiger partial charge in [0, 0.05) is 12.1 Å². The van der Waals surface area contributed by atoms with Gasteiger partial charge in [0.15, 0.2) is 16.8 Å². The summed E-state index contributed by atoms with van der Waals surface area (Å²) in [6.07, 6.45) is 0. The second-order valence-corrected chi connectivity index (χ2v) is 3.47. The van der Waals surface area contributed by atoms with Gasteiger partial charge in [-0.2, -0.15) is 0 Å². The third-order valence-electron chi connectivity index (χ3n) is 2.35. The predicted molar refractivity (Wildman–Crippen MR) is 58.6 cm³/mol. The van der Waals surface area contributed by atoms with E-state index in [1.54, 1.807) is 12.1 Å². The van der Waals surface area contributed by atoms with E-state index in [1.165, 1.54) is 6.07 Å². The van der Waals surface area contributed by atoms with Gasteiger partial charge in [-0.3, -0.25) is 4.79 Å². The molecule has 16 heavy (non-hydrogen) atoms. The van der Waals surface area contributed by atoms with Crippen molar-refractivity contribution >= 4 is 11.1 Å². The molecule has 1 aromatic carbocycles. The smallest absolute Gasteiger partial charge is 0.186 e. The molecule has 1 aromatic rings. The van der Waals surface area contributed by atoms with Crippen LogP contribution in [0.2, 0.25) is 0 Å². The second kappa shape index (κ2) is 3.06. The SMILES string of the molecule is O=c1cc2oc3ccccc3nc-2c(O)c1. The van der Waals surface area contributed by atoms with Crippen molar-refractivity contribution in [1.82, 2.24) is 4.98 Å². The molecule has 0 saturated carbocycles. The average molecular weight is 213 g/mol. The van der Waals surface area contributed by atoms with E-state index < -0.39 is 0 Å². The summed E-state index contributed by atoms with van der Waals surface area (Å²) in [5, 5.41) is 9.59. The Morgan fingerprint density at radius 2 is 2.00 bits per heavy atom. The molecule has 0 atom stereocenters. The topological polar surface area (TPSA) is 63.3 Å². The lowest BCUT2D eigenvalue weighted by atomic mass is 10.2. The highest BCUT2D eigenvalue weighted by atomic mass is 16.3. The van der Waals surface area contributed by atoms with Crippen LogP contribution in [-0.2, 0) is 0 Å². The standard InChI is InChI=1S/C12H7NO3/c14-7-5-9(15)12-11(6-7)16-10-4-2-1-3-8(10)13-12/h1-6,15H. The van der Waals surface area contributed by atoms with Gasteiger partial charge in [0.25, 0.3) is 0 Å². The first-order valence-corrected chi connectivity index (χ1v) is 4.77. The Hall–Kier alpha value is -2.36. The van der Waals surface area contributed by atoms with Crippen molar-refractivity contribution < 1.29 is 9.52 Å². The minimum atomic E-state index is -0.300. The van der Waals surface area contributed by atoms with Crippen LogP contribution in [0.5, 0.6) is 5.75 Å². The molecular weight excluding hydrogens is 206 g/mol. The normalized spacial score (nSPS) is 11.0. The van der Waals surface area contributed by atoms with Crippen LogP contribution in [-0.4, -0.2) is 10.1 Å². The Bertz CT molecular complexity index is 702. The van der Waals surface area contributed by atoms with Crippen LogP contribution in [0.1, 0.15) is 0 Å².